The molecule has 28 heavy (non-hydrogen) atoms. The lowest BCUT2D eigenvalue weighted by molar-refractivity contribution is 0.0475. The molecule has 3 aliphatic rings. The van der Waals surface area contributed by atoms with Crippen molar-refractivity contribution >= 4 is 30.1 Å². The van der Waals surface area contributed by atoms with Crippen molar-refractivity contribution < 1.29 is 19.1 Å². The first-order chi connectivity index (χ1) is 13.0. The number of carbonyl (C=O) groups excluding carboxylic acids is 3. The normalized spacial score (nSPS) is 26.6. The Morgan fingerprint density at radius 2 is 2.00 bits per heavy atom. The first-order valence-electron chi connectivity index (χ1n) is 9.62. The quantitative estimate of drug-likeness (QED) is 0.766. The van der Waals surface area contributed by atoms with E-state index >= 15 is 0 Å². The van der Waals surface area contributed by atoms with Crippen LogP contribution in [0.5, 0.6) is 0 Å². The second kappa shape index (κ2) is 8.19. The predicted molar refractivity (Wildman–Crippen MR) is 106 cm³/mol. The molecule has 0 radical (unpaired) electrons. The van der Waals surface area contributed by atoms with Crippen LogP contribution in [0.25, 0.3) is 0 Å². The van der Waals surface area contributed by atoms with Crippen molar-refractivity contribution in [2.75, 3.05) is 26.2 Å². The van der Waals surface area contributed by atoms with Gasteiger partial charge in [0.25, 0.3) is 17.7 Å². The van der Waals surface area contributed by atoms with E-state index in [1.807, 2.05) is 11.8 Å². The lowest BCUT2D eigenvalue weighted by Gasteiger charge is -2.21. The van der Waals surface area contributed by atoms with E-state index in [9.17, 15) is 14.4 Å². The second-order valence-corrected chi connectivity index (χ2v) is 7.76. The van der Waals surface area contributed by atoms with E-state index in [1.54, 1.807) is 18.2 Å². The van der Waals surface area contributed by atoms with Crippen LogP contribution in [0.4, 0.5) is 0 Å². The maximum Gasteiger partial charge on any atom is 0.261 e. The first-order valence-corrected chi connectivity index (χ1v) is 9.62. The number of hydrogen-bond acceptors (Lipinski definition) is 5. The highest BCUT2D eigenvalue weighted by atomic mass is 35.5. The van der Waals surface area contributed by atoms with E-state index in [1.165, 1.54) is 4.90 Å². The van der Waals surface area contributed by atoms with Crippen LogP contribution < -0.4 is 5.73 Å². The molecular formula is C20H26ClN3O4. The number of nitrogens with zero attached hydrogens (tertiary/aromatic N) is 2. The molecule has 3 unspecified atom stereocenters. The molecule has 152 valence electrons. The van der Waals surface area contributed by atoms with Crippen LogP contribution in [-0.4, -0.2) is 65.9 Å². The van der Waals surface area contributed by atoms with E-state index in [-0.39, 0.29) is 48.8 Å². The summed E-state index contributed by atoms with van der Waals surface area (Å²) in [5.41, 5.74) is 6.87. The Bertz CT molecular complexity index is 794. The lowest BCUT2D eigenvalue weighted by Crippen LogP contribution is -2.36. The number of imide groups is 1. The minimum absolute atomic E-state index is 0. The van der Waals surface area contributed by atoms with Crippen LogP contribution in [-0.2, 0) is 4.74 Å². The zero-order valence-corrected chi connectivity index (χ0v) is 16.7. The van der Waals surface area contributed by atoms with E-state index in [0.717, 1.165) is 19.3 Å². The number of amides is 3. The van der Waals surface area contributed by atoms with Crippen LogP contribution in [0.3, 0.4) is 0 Å². The summed E-state index contributed by atoms with van der Waals surface area (Å²) in [7, 11) is 0. The van der Waals surface area contributed by atoms with Gasteiger partial charge in [0.15, 0.2) is 0 Å². The highest BCUT2D eigenvalue weighted by Gasteiger charge is 2.39. The van der Waals surface area contributed by atoms with E-state index < -0.39 is 0 Å². The summed E-state index contributed by atoms with van der Waals surface area (Å²) in [5.74, 6) is -0.445. The van der Waals surface area contributed by atoms with Crippen LogP contribution >= 0.6 is 12.4 Å². The Labute approximate surface area is 170 Å². The van der Waals surface area contributed by atoms with E-state index in [2.05, 4.69) is 0 Å². The third kappa shape index (κ3) is 3.54. The summed E-state index contributed by atoms with van der Waals surface area (Å²) < 4.78 is 5.56. The number of nitrogens with two attached hydrogens (primary N) is 1. The van der Waals surface area contributed by atoms with Gasteiger partial charge in [-0.2, -0.15) is 0 Å². The van der Waals surface area contributed by atoms with Crippen molar-refractivity contribution in [3.05, 3.63) is 34.9 Å². The maximum atomic E-state index is 12.9. The topological polar surface area (TPSA) is 92.9 Å². The van der Waals surface area contributed by atoms with Gasteiger partial charge in [-0.05, 0) is 56.8 Å². The maximum absolute atomic E-state index is 12.9. The summed E-state index contributed by atoms with van der Waals surface area (Å²) in [4.78, 5) is 41.3. The van der Waals surface area contributed by atoms with Crippen LogP contribution in [0.1, 0.15) is 57.3 Å². The highest BCUT2D eigenvalue weighted by molar-refractivity contribution is 6.22. The zero-order chi connectivity index (χ0) is 19.1. The van der Waals surface area contributed by atoms with Gasteiger partial charge in [-0.15, -0.1) is 12.4 Å². The molecule has 3 atom stereocenters. The third-order valence-electron chi connectivity index (χ3n) is 5.88. The monoisotopic (exact) mass is 407 g/mol. The van der Waals surface area contributed by atoms with Crippen molar-refractivity contribution in [1.29, 1.82) is 0 Å². The highest BCUT2D eigenvalue weighted by Crippen LogP contribution is 2.28. The molecule has 2 fully saturated rings. The Hall–Kier alpha value is -1.96. The molecule has 7 nitrogen and oxygen atoms in total. The second-order valence-electron chi connectivity index (χ2n) is 7.76. The molecule has 4 rings (SSSR count). The molecule has 3 amide bonds. The van der Waals surface area contributed by atoms with E-state index in [0.29, 0.717) is 42.3 Å². The molecule has 0 saturated carbocycles. The van der Waals surface area contributed by atoms with Gasteiger partial charge in [-0.25, -0.2) is 0 Å². The fourth-order valence-corrected chi connectivity index (χ4v) is 4.34. The number of likely N-dealkylation sites (tertiary alicyclic amines) is 1. The van der Waals surface area contributed by atoms with Gasteiger partial charge in [0, 0.05) is 24.8 Å². The van der Waals surface area contributed by atoms with Gasteiger partial charge < -0.3 is 15.4 Å². The fourth-order valence-electron chi connectivity index (χ4n) is 4.34. The van der Waals surface area contributed by atoms with Crippen molar-refractivity contribution in [2.24, 2.45) is 11.7 Å². The minimum Gasteiger partial charge on any atom is -0.376 e. The first kappa shape index (κ1) is 20.8. The van der Waals surface area contributed by atoms with Crippen molar-refractivity contribution in [1.82, 2.24) is 9.80 Å². The number of hydrogen-bond donors (Lipinski definition) is 1. The zero-order valence-electron chi connectivity index (χ0n) is 15.9. The Balaban J connectivity index is 0.00000225. The molecule has 8 heteroatoms. The number of rotatable bonds is 4. The molecular weight excluding hydrogens is 382 g/mol. The minimum atomic E-state index is -0.338. The molecule has 0 aliphatic carbocycles. The summed E-state index contributed by atoms with van der Waals surface area (Å²) >= 11 is 0. The average Bonchev–Trinajstić information content (AvgIpc) is 3.37. The number of carbonyl (C=O) groups is 3. The number of halogens is 1. The van der Waals surface area contributed by atoms with Gasteiger partial charge in [-0.1, -0.05) is 0 Å². The molecule has 0 spiro atoms. The largest absolute Gasteiger partial charge is 0.376 e. The number of benzene rings is 1. The smallest absolute Gasteiger partial charge is 0.261 e. The average molecular weight is 408 g/mol. The van der Waals surface area contributed by atoms with Gasteiger partial charge in [0.2, 0.25) is 0 Å². The Morgan fingerprint density at radius 3 is 2.64 bits per heavy atom. The summed E-state index contributed by atoms with van der Waals surface area (Å²) in [6, 6.07) is 4.92. The molecule has 1 aromatic carbocycles. The summed E-state index contributed by atoms with van der Waals surface area (Å²) in [6.45, 7) is 4.15. The Kier molecular flexibility index (Phi) is 6.07. The molecule has 2 N–H and O–H groups in total. The Morgan fingerprint density at radius 1 is 1.25 bits per heavy atom. The van der Waals surface area contributed by atoms with Gasteiger partial charge in [0.05, 0.1) is 23.8 Å². The van der Waals surface area contributed by atoms with Gasteiger partial charge in [-0.3, -0.25) is 19.3 Å². The van der Waals surface area contributed by atoms with Gasteiger partial charge in [0.1, 0.15) is 0 Å². The van der Waals surface area contributed by atoms with Gasteiger partial charge >= 0.3 is 0 Å². The molecule has 0 aromatic heterocycles. The molecule has 1 aromatic rings. The van der Waals surface area contributed by atoms with Crippen LogP contribution in [0.15, 0.2) is 18.2 Å². The van der Waals surface area contributed by atoms with Crippen molar-refractivity contribution in [3.8, 4) is 0 Å². The third-order valence-corrected chi connectivity index (χ3v) is 5.88. The number of fused-ring (bicyclic) bond motifs is 1. The van der Waals surface area contributed by atoms with E-state index in [4.69, 9.17) is 10.5 Å². The van der Waals surface area contributed by atoms with Crippen molar-refractivity contribution in [2.45, 2.75) is 38.3 Å². The molecule has 3 aliphatic heterocycles. The molecule has 3 heterocycles. The number of ether oxygens (including phenoxy) is 1. The molecule has 0 bridgehead atoms. The predicted octanol–water partition coefficient (Wildman–Crippen LogP) is 1.69. The van der Waals surface area contributed by atoms with Crippen LogP contribution in [0.2, 0.25) is 0 Å². The van der Waals surface area contributed by atoms with Crippen molar-refractivity contribution in [3.63, 3.8) is 0 Å². The SMILES string of the molecule is CC1CC(CN)CN1C(=O)c1ccc2c(c1)C(=O)N(CC1CCCO1)C2=O.Cl. The fraction of sp³-hybridized carbons (Fsp3) is 0.550. The summed E-state index contributed by atoms with van der Waals surface area (Å²) in [6.07, 6.45) is 2.60. The standard InChI is InChI=1S/C20H25N3O4.ClH/c1-12-7-13(9-21)10-22(12)18(24)14-4-5-16-17(8-14)20(26)23(19(16)25)11-15-3-2-6-27-15;/h4-5,8,12-13,15H,2-3,6-7,9-11,21H2,1H3;1H. The van der Waals surface area contributed by atoms with Crippen LogP contribution in [0, 0.1) is 5.92 Å². The summed E-state index contributed by atoms with van der Waals surface area (Å²) in [5, 5.41) is 0. The lowest BCUT2D eigenvalue weighted by atomic mass is 10.0. The molecule has 2 saturated heterocycles.